The van der Waals surface area contributed by atoms with Crippen LogP contribution < -0.4 is 16.0 Å². The summed E-state index contributed by atoms with van der Waals surface area (Å²) >= 11 is 0. The van der Waals surface area contributed by atoms with Gasteiger partial charge in [-0.05, 0) is 35.7 Å². The standard InChI is InChI=1S/C23H21N5O3/c1-2-14-6-5-7-15(10-14)28-21-17(12-25-28)23(11-20(30)26-21)16-8-3-4-9-18(16)27(22(23)31)13-19(24)29/h3-10,12H,2,11,13H2,1H3,(H2,24,29)(H,26,30). The van der Waals surface area contributed by atoms with E-state index >= 15 is 0 Å². The SMILES string of the molecule is CCc1cccc(-n2ncc3c2NC(=O)CC32C(=O)N(CC(N)=O)c3ccccc32)c1. The Hall–Kier alpha value is -3.94. The lowest BCUT2D eigenvalue weighted by Gasteiger charge is -2.32. The smallest absolute Gasteiger partial charge is 0.243 e. The zero-order chi connectivity index (χ0) is 21.8. The van der Waals surface area contributed by atoms with E-state index in [1.165, 1.54) is 4.90 Å². The van der Waals surface area contributed by atoms with Crippen LogP contribution in [0.2, 0.25) is 0 Å². The number of carbonyl (C=O) groups excluding carboxylic acids is 3. The van der Waals surface area contributed by atoms with Crippen LogP contribution in [0.15, 0.2) is 54.7 Å². The van der Waals surface area contributed by atoms with Gasteiger partial charge in [0.1, 0.15) is 17.8 Å². The Labute approximate surface area is 178 Å². The zero-order valence-electron chi connectivity index (χ0n) is 17.0. The number of carbonyl (C=O) groups is 3. The summed E-state index contributed by atoms with van der Waals surface area (Å²) in [6.07, 6.45) is 2.43. The van der Waals surface area contributed by atoms with Crippen LogP contribution in [0.4, 0.5) is 11.5 Å². The van der Waals surface area contributed by atoms with E-state index in [0.717, 1.165) is 17.7 Å². The second kappa shape index (κ2) is 6.80. The highest BCUT2D eigenvalue weighted by Gasteiger charge is 2.57. The number of benzene rings is 2. The van der Waals surface area contributed by atoms with Gasteiger partial charge < -0.3 is 16.0 Å². The van der Waals surface area contributed by atoms with Gasteiger partial charge in [0.05, 0.1) is 11.9 Å². The molecule has 3 heterocycles. The molecule has 2 aliphatic heterocycles. The number of nitrogens with zero attached hydrogens (tertiary/aromatic N) is 3. The molecule has 8 nitrogen and oxygen atoms in total. The van der Waals surface area contributed by atoms with Gasteiger partial charge in [-0.15, -0.1) is 0 Å². The number of nitrogens with two attached hydrogens (primary N) is 1. The highest BCUT2D eigenvalue weighted by atomic mass is 16.2. The van der Waals surface area contributed by atoms with Crippen LogP contribution in [0.25, 0.3) is 5.69 Å². The lowest BCUT2D eigenvalue weighted by molar-refractivity contribution is -0.127. The number of amides is 3. The molecule has 3 N–H and O–H groups in total. The first kappa shape index (κ1) is 19.0. The molecule has 0 fully saturated rings. The van der Waals surface area contributed by atoms with Crippen LogP contribution in [0, 0.1) is 0 Å². The molecule has 1 atom stereocenters. The quantitative estimate of drug-likeness (QED) is 0.678. The first-order valence-electron chi connectivity index (χ1n) is 10.1. The predicted octanol–water partition coefficient (Wildman–Crippen LogP) is 1.89. The second-order valence-electron chi connectivity index (χ2n) is 7.85. The Morgan fingerprint density at radius 3 is 2.74 bits per heavy atom. The summed E-state index contributed by atoms with van der Waals surface area (Å²) in [5.41, 5.74) is 7.97. The number of hydrogen-bond acceptors (Lipinski definition) is 4. The molecule has 5 rings (SSSR count). The summed E-state index contributed by atoms with van der Waals surface area (Å²) in [6.45, 7) is 1.82. The number of fused-ring (bicyclic) bond motifs is 4. The average molecular weight is 415 g/mol. The molecule has 1 aromatic heterocycles. The van der Waals surface area contributed by atoms with Crippen molar-refractivity contribution in [2.75, 3.05) is 16.8 Å². The summed E-state index contributed by atoms with van der Waals surface area (Å²) in [6, 6.07) is 15.1. The van der Waals surface area contributed by atoms with Crippen LogP contribution in [-0.4, -0.2) is 34.0 Å². The maximum absolute atomic E-state index is 13.7. The first-order chi connectivity index (χ1) is 15.0. The highest BCUT2D eigenvalue weighted by Crippen LogP contribution is 2.52. The molecule has 0 saturated carbocycles. The van der Waals surface area contributed by atoms with Gasteiger partial charge in [0.25, 0.3) is 0 Å². The van der Waals surface area contributed by atoms with E-state index < -0.39 is 11.3 Å². The normalized spacial score (nSPS) is 19.3. The molecule has 0 radical (unpaired) electrons. The predicted molar refractivity (Wildman–Crippen MR) is 115 cm³/mol. The Balaban J connectivity index is 1.73. The fraction of sp³-hybridized carbons (Fsp3) is 0.217. The molecule has 156 valence electrons. The zero-order valence-corrected chi connectivity index (χ0v) is 17.0. The summed E-state index contributed by atoms with van der Waals surface area (Å²) in [5, 5.41) is 7.43. The summed E-state index contributed by atoms with van der Waals surface area (Å²) < 4.78 is 1.65. The van der Waals surface area contributed by atoms with E-state index in [4.69, 9.17) is 5.73 Å². The van der Waals surface area contributed by atoms with Crippen LogP contribution in [0.5, 0.6) is 0 Å². The van der Waals surface area contributed by atoms with Crippen molar-refractivity contribution >= 4 is 29.2 Å². The summed E-state index contributed by atoms with van der Waals surface area (Å²) in [7, 11) is 0. The number of aromatic nitrogens is 2. The van der Waals surface area contributed by atoms with Gasteiger partial charge in [-0.1, -0.05) is 37.3 Å². The Morgan fingerprint density at radius 2 is 1.97 bits per heavy atom. The monoisotopic (exact) mass is 415 g/mol. The number of primary amides is 1. The molecular weight excluding hydrogens is 394 g/mol. The minimum absolute atomic E-state index is 0.0637. The highest BCUT2D eigenvalue weighted by molar-refractivity contribution is 6.17. The Morgan fingerprint density at radius 1 is 1.16 bits per heavy atom. The van der Waals surface area contributed by atoms with Crippen molar-refractivity contribution in [3.05, 3.63) is 71.4 Å². The molecular formula is C23H21N5O3. The molecule has 1 unspecified atom stereocenters. The van der Waals surface area contributed by atoms with E-state index in [-0.39, 0.29) is 24.8 Å². The number of rotatable bonds is 4. The molecule has 3 amide bonds. The first-order valence-corrected chi connectivity index (χ1v) is 10.1. The largest absolute Gasteiger partial charge is 0.368 e. The number of anilines is 2. The van der Waals surface area contributed by atoms with Gasteiger partial charge in [0, 0.05) is 17.7 Å². The topological polar surface area (TPSA) is 110 Å². The van der Waals surface area contributed by atoms with E-state index in [2.05, 4.69) is 17.3 Å². The molecule has 3 aromatic rings. The number of hydrogen-bond donors (Lipinski definition) is 2. The van der Waals surface area contributed by atoms with Crippen molar-refractivity contribution in [2.24, 2.45) is 5.73 Å². The lowest BCUT2D eigenvalue weighted by atomic mass is 9.72. The van der Waals surface area contributed by atoms with Crippen molar-refractivity contribution in [1.29, 1.82) is 0 Å². The van der Waals surface area contributed by atoms with E-state index in [1.54, 1.807) is 23.0 Å². The maximum atomic E-state index is 13.7. The third-order valence-electron chi connectivity index (χ3n) is 6.05. The minimum atomic E-state index is -1.25. The Bertz CT molecular complexity index is 1250. The number of aryl methyl sites for hydroxylation is 1. The molecule has 2 aliphatic rings. The van der Waals surface area contributed by atoms with Crippen molar-refractivity contribution < 1.29 is 14.4 Å². The van der Waals surface area contributed by atoms with Crippen molar-refractivity contribution in [3.63, 3.8) is 0 Å². The fourth-order valence-corrected chi connectivity index (χ4v) is 4.67. The number of nitrogens with one attached hydrogen (secondary N) is 1. The van der Waals surface area contributed by atoms with Gasteiger partial charge in [-0.25, -0.2) is 4.68 Å². The van der Waals surface area contributed by atoms with Gasteiger partial charge in [-0.2, -0.15) is 5.10 Å². The van der Waals surface area contributed by atoms with E-state index in [9.17, 15) is 14.4 Å². The van der Waals surface area contributed by atoms with Crippen LogP contribution in [0.1, 0.15) is 30.0 Å². The molecule has 2 aromatic carbocycles. The van der Waals surface area contributed by atoms with Gasteiger partial charge in [0.2, 0.25) is 17.7 Å². The Kier molecular flexibility index (Phi) is 4.18. The minimum Gasteiger partial charge on any atom is -0.368 e. The molecule has 1 spiro atoms. The molecule has 0 aliphatic carbocycles. The number of para-hydroxylation sites is 1. The van der Waals surface area contributed by atoms with Gasteiger partial charge in [0.15, 0.2) is 0 Å². The molecule has 8 heteroatoms. The fourth-order valence-electron chi connectivity index (χ4n) is 4.67. The average Bonchev–Trinajstić information content (AvgIpc) is 3.28. The van der Waals surface area contributed by atoms with Crippen molar-refractivity contribution in [2.45, 2.75) is 25.2 Å². The second-order valence-corrected chi connectivity index (χ2v) is 7.85. The third kappa shape index (κ3) is 2.68. The van der Waals surface area contributed by atoms with Crippen molar-refractivity contribution in [3.8, 4) is 5.69 Å². The maximum Gasteiger partial charge on any atom is 0.243 e. The summed E-state index contributed by atoms with van der Waals surface area (Å²) in [4.78, 5) is 39.6. The molecule has 0 bridgehead atoms. The van der Waals surface area contributed by atoms with Gasteiger partial charge >= 0.3 is 0 Å². The van der Waals surface area contributed by atoms with Crippen LogP contribution in [-0.2, 0) is 26.2 Å². The van der Waals surface area contributed by atoms with Gasteiger partial charge in [-0.3, -0.25) is 14.4 Å². The molecule has 0 saturated heterocycles. The summed E-state index contributed by atoms with van der Waals surface area (Å²) in [5.74, 6) is -0.781. The van der Waals surface area contributed by atoms with E-state index in [0.29, 0.717) is 22.6 Å². The lowest BCUT2D eigenvalue weighted by Crippen LogP contribution is -2.48. The van der Waals surface area contributed by atoms with E-state index in [1.807, 2.05) is 36.4 Å². The molecule has 31 heavy (non-hydrogen) atoms. The van der Waals surface area contributed by atoms with Crippen LogP contribution in [0.3, 0.4) is 0 Å². The third-order valence-corrected chi connectivity index (χ3v) is 6.05. The van der Waals surface area contributed by atoms with Crippen LogP contribution >= 0.6 is 0 Å². The van der Waals surface area contributed by atoms with Crippen molar-refractivity contribution in [1.82, 2.24) is 9.78 Å².